The van der Waals surface area contributed by atoms with Gasteiger partial charge in [-0.15, -0.1) is 6.42 Å². The first-order chi connectivity index (χ1) is 29.5. The molecule has 0 bridgehead atoms. The summed E-state index contributed by atoms with van der Waals surface area (Å²) in [7, 11) is 0. The molecule has 2 saturated heterocycles. The Morgan fingerprint density at radius 2 is 1.70 bits per heavy atom. The summed E-state index contributed by atoms with van der Waals surface area (Å²) < 4.78 is 66.5. The van der Waals surface area contributed by atoms with Crippen molar-refractivity contribution in [2.24, 2.45) is 5.92 Å². The van der Waals surface area contributed by atoms with Gasteiger partial charge in [-0.3, -0.25) is 9.80 Å². The van der Waals surface area contributed by atoms with Crippen molar-refractivity contribution in [1.29, 1.82) is 0 Å². The van der Waals surface area contributed by atoms with Gasteiger partial charge in [-0.05, 0) is 95.0 Å². The first-order valence-corrected chi connectivity index (χ1v) is 20.8. The molecular formula is C45H46F2N6O8. The Morgan fingerprint density at radius 3 is 2.41 bits per heavy atom. The van der Waals surface area contributed by atoms with Crippen molar-refractivity contribution in [2.75, 3.05) is 44.6 Å². The molecule has 0 radical (unpaired) electrons. The average Bonchev–Trinajstić information content (AvgIpc) is 4.00. The zero-order chi connectivity index (χ0) is 42.4. The van der Waals surface area contributed by atoms with Crippen molar-refractivity contribution in [2.45, 2.75) is 84.4 Å². The Bertz CT molecular complexity index is 2790. The molecule has 61 heavy (non-hydrogen) atoms. The smallest absolute Gasteiger partial charge is 0.485 e. The number of halogens is 2. The van der Waals surface area contributed by atoms with Crippen LogP contribution in [0.25, 0.3) is 32.9 Å². The lowest BCUT2D eigenvalue weighted by molar-refractivity contribution is 0.108. The molecule has 1 unspecified atom stereocenters. The lowest BCUT2D eigenvalue weighted by Gasteiger charge is -2.31. The van der Waals surface area contributed by atoms with Gasteiger partial charge >= 0.3 is 17.7 Å². The van der Waals surface area contributed by atoms with E-state index in [4.69, 9.17) is 48.5 Å². The zero-order valence-corrected chi connectivity index (χ0v) is 34.3. The van der Waals surface area contributed by atoms with Crippen LogP contribution in [0.3, 0.4) is 0 Å². The molecule has 2 aromatic carbocycles. The summed E-state index contributed by atoms with van der Waals surface area (Å²) in [5.41, 5.74) is 0.425. The molecule has 2 fully saturated rings. The fourth-order valence-electron chi connectivity index (χ4n) is 9.34. The Balaban J connectivity index is 1.19. The number of anilines is 1. The Labute approximate surface area is 349 Å². The number of hydrogen-bond acceptors (Lipinski definition) is 14. The summed E-state index contributed by atoms with van der Waals surface area (Å²) in [6.07, 6.45) is 12.0. The maximum Gasteiger partial charge on any atom is 0.519 e. The summed E-state index contributed by atoms with van der Waals surface area (Å²) in [6, 6.07) is 6.02. The van der Waals surface area contributed by atoms with E-state index in [-0.39, 0.29) is 69.1 Å². The monoisotopic (exact) mass is 836 g/mol. The van der Waals surface area contributed by atoms with Gasteiger partial charge in [0, 0.05) is 30.6 Å². The van der Waals surface area contributed by atoms with Gasteiger partial charge < -0.3 is 32.5 Å². The molecule has 16 heteroatoms. The molecule has 0 amide bonds. The fraction of sp³-hybridized carbons (Fsp3) is 0.444. The van der Waals surface area contributed by atoms with E-state index < -0.39 is 23.3 Å². The number of pyridine rings is 1. The Morgan fingerprint density at radius 1 is 0.951 bits per heavy atom. The molecule has 3 aliphatic rings. The topological polar surface area (TPSA) is 162 Å². The molecule has 318 valence electrons. The molecule has 14 nitrogen and oxygen atoms in total. The lowest BCUT2D eigenvalue weighted by Crippen LogP contribution is -2.43. The van der Waals surface area contributed by atoms with Crippen LogP contribution in [0.1, 0.15) is 79.7 Å². The van der Waals surface area contributed by atoms with Gasteiger partial charge in [0.2, 0.25) is 0 Å². The number of hydrogen-bond donors (Lipinski definition) is 1. The molecule has 0 aliphatic carbocycles. The number of nitrogens with one attached hydrogen (secondary N) is 1. The van der Waals surface area contributed by atoms with Gasteiger partial charge in [0.05, 0.1) is 28.7 Å². The number of aryl methyl sites for hydroxylation is 3. The van der Waals surface area contributed by atoms with Crippen LogP contribution in [0.15, 0.2) is 51.5 Å². The summed E-state index contributed by atoms with van der Waals surface area (Å²) >= 11 is 0. The van der Waals surface area contributed by atoms with Gasteiger partial charge in [-0.1, -0.05) is 25.3 Å². The van der Waals surface area contributed by atoms with Gasteiger partial charge in [0.25, 0.3) is 0 Å². The standard InChI is InChI=1S/C45H46F2N6O8/c1-5-27-9-12-33-37-40(38(47)39(49-33)31-20-29(56-23-35-26(4)59-44(55)61-35)19-28-10-11-32(46)30(6-2)36(28)31)50-42(57-24-45-13-7-16-53(45)17-8-14-45)51-41(37)48-15-18-52(21-27)22-34-25(3)58-43(54)60-34/h2,10-11,19-20,27H,5,7-9,12-18,21-24H2,1,3-4H3,(H,48,50,51). The van der Waals surface area contributed by atoms with E-state index in [1.165, 1.54) is 6.07 Å². The van der Waals surface area contributed by atoms with Crippen molar-refractivity contribution in [3.05, 3.63) is 91.4 Å². The predicted molar refractivity (Wildman–Crippen MR) is 221 cm³/mol. The Hall–Kier alpha value is -6.05. The van der Waals surface area contributed by atoms with Crippen LogP contribution >= 0.6 is 0 Å². The minimum absolute atomic E-state index is 0.00595. The number of ether oxygens (including phenoxy) is 2. The Kier molecular flexibility index (Phi) is 10.9. The first-order valence-electron chi connectivity index (χ1n) is 20.8. The van der Waals surface area contributed by atoms with Crippen molar-refractivity contribution in [3.63, 3.8) is 0 Å². The second-order valence-corrected chi connectivity index (χ2v) is 16.3. The van der Waals surface area contributed by atoms with Gasteiger partial charge in [-0.2, -0.15) is 9.97 Å². The number of benzene rings is 2. The second kappa shape index (κ2) is 16.4. The van der Waals surface area contributed by atoms with E-state index in [0.717, 1.165) is 45.2 Å². The van der Waals surface area contributed by atoms with Crippen LogP contribution in [0, 0.1) is 43.7 Å². The van der Waals surface area contributed by atoms with E-state index in [9.17, 15) is 9.59 Å². The second-order valence-electron chi connectivity index (χ2n) is 16.3. The molecule has 7 heterocycles. The average molecular weight is 837 g/mol. The summed E-state index contributed by atoms with van der Waals surface area (Å²) in [5.74, 6) is 1.56. The van der Waals surface area contributed by atoms with E-state index in [1.807, 2.05) is 0 Å². The highest BCUT2D eigenvalue weighted by atomic mass is 19.1. The fourth-order valence-corrected chi connectivity index (χ4v) is 9.34. The highest BCUT2D eigenvalue weighted by Crippen LogP contribution is 2.42. The lowest BCUT2D eigenvalue weighted by atomic mass is 9.94. The van der Waals surface area contributed by atoms with Crippen LogP contribution < -0.4 is 26.4 Å². The number of fused-ring (bicyclic) bond motifs is 2. The number of aromatic nitrogens is 3. The van der Waals surface area contributed by atoms with E-state index in [2.05, 4.69) is 28.0 Å². The summed E-state index contributed by atoms with van der Waals surface area (Å²) in [6.45, 7) is 9.56. The quantitative estimate of drug-likeness (QED) is 0.137. The first kappa shape index (κ1) is 40.4. The third kappa shape index (κ3) is 7.76. The molecule has 4 aromatic heterocycles. The largest absolute Gasteiger partial charge is 0.519 e. The maximum atomic E-state index is 17.7. The van der Waals surface area contributed by atoms with E-state index >= 15 is 8.78 Å². The normalized spacial score (nSPS) is 18.2. The molecule has 3 aliphatic heterocycles. The highest BCUT2D eigenvalue weighted by molar-refractivity contribution is 6.03. The SMILES string of the molecule is C#Cc1c(F)ccc2cc(OCc3oc(=O)oc3C)cc(-c3nc4c5c(nc(OCC67CCCN6CCC7)nc5c3F)NCCN(Cc3oc(=O)oc3C)CC(CC)CC4)c12. The predicted octanol–water partition coefficient (Wildman–Crippen LogP) is 7.29. The van der Waals surface area contributed by atoms with Crippen LogP contribution in [0.4, 0.5) is 14.6 Å². The van der Waals surface area contributed by atoms with Gasteiger partial charge in [0.15, 0.2) is 23.1 Å². The third-order valence-corrected chi connectivity index (χ3v) is 12.6. The van der Waals surface area contributed by atoms with Gasteiger partial charge in [0.1, 0.15) is 47.6 Å². The molecule has 1 N–H and O–H groups in total. The summed E-state index contributed by atoms with van der Waals surface area (Å²) in [5, 5.41) is 4.61. The minimum atomic E-state index is -0.864. The number of nitrogens with zero attached hydrogens (tertiary/aromatic N) is 5. The van der Waals surface area contributed by atoms with Crippen LogP contribution in [0.2, 0.25) is 0 Å². The van der Waals surface area contributed by atoms with Crippen LogP contribution in [0.5, 0.6) is 11.8 Å². The highest BCUT2D eigenvalue weighted by Gasteiger charge is 2.45. The van der Waals surface area contributed by atoms with E-state index in [1.54, 1.807) is 32.0 Å². The van der Waals surface area contributed by atoms with Crippen LogP contribution in [-0.4, -0.2) is 69.6 Å². The number of terminal acetylenes is 1. The minimum Gasteiger partial charge on any atom is -0.485 e. The summed E-state index contributed by atoms with van der Waals surface area (Å²) in [4.78, 5) is 43.1. The molecule has 9 rings (SSSR count). The third-order valence-electron chi connectivity index (χ3n) is 12.6. The van der Waals surface area contributed by atoms with Crippen LogP contribution in [-0.2, 0) is 19.6 Å². The maximum absolute atomic E-state index is 17.7. The molecule has 1 atom stereocenters. The van der Waals surface area contributed by atoms with Crippen molar-refractivity contribution in [1.82, 2.24) is 24.8 Å². The molecule has 6 aromatic rings. The van der Waals surface area contributed by atoms with Crippen molar-refractivity contribution < 1.29 is 35.9 Å². The van der Waals surface area contributed by atoms with E-state index in [0.29, 0.717) is 79.4 Å². The number of rotatable bonds is 10. The zero-order valence-electron chi connectivity index (χ0n) is 34.3. The van der Waals surface area contributed by atoms with Crippen molar-refractivity contribution in [3.8, 4) is 35.4 Å². The molecule has 0 saturated carbocycles. The molecule has 0 spiro atoms. The molecular weight excluding hydrogens is 791 g/mol. The van der Waals surface area contributed by atoms with Crippen molar-refractivity contribution >= 4 is 27.5 Å². The van der Waals surface area contributed by atoms with Gasteiger partial charge in [-0.25, -0.2) is 23.4 Å².